The van der Waals surface area contributed by atoms with E-state index in [1.54, 1.807) is 0 Å². The van der Waals surface area contributed by atoms with Crippen LogP contribution in [0.1, 0.15) is 46.1 Å². The fourth-order valence-electron chi connectivity index (χ4n) is 3.65. The molecule has 0 spiro atoms. The van der Waals surface area contributed by atoms with Crippen LogP contribution in [0.2, 0.25) is 0 Å². The molecule has 2 nitrogen and oxygen atoms in total. The van der Waals surface area contributed by atoms with Gasteiger partial charge in [-0.25, -0.2) is 0 Å². The predicted octanol–water partition coefficient (Wildman–Crippen LogP) is 4.36. The lowest BCUT2D eigenvalue weighted by molar-refractivity contribution is -0.128. The first-order valence-corrected chi connectivity index (χ1v) is 8.37. The molecule has 1 aromatic carbocycles. The standard InChI is InChI=1S/C20H29NO/c1-15-9-8-12-20(3,4)19(15)18(22)13-16(2)21-14-17-10-6-5-7-11-17/h5-11,15-16,19,21H,12-14H2,1-4H3/t15-,16+,19+/m0/s1. The summed E-state index contributed by atoms with van der Waals surface area (Å²) in [5, 5.41) is 3.47. The molecule has 0 aromatic heterocycles. The van der Waals surface area contributed by atoms with Crippen molar-refractivity contribution < 1.29 is 4.79 Å². The smallest absolute Gasteiger partial charge is 0.138 e. The Morgan fingerprint density at radius 2 is 2.00 bits per heavy atom. The van der Waals surface area contributed by atoms with E-state index in [0.29, 0.717) is 18.1 Å². The van der Waals surface area contributed by atoms with Gasteiger partial charge in [0.25, 0.3) is 0 Å². The van der Waals surface area contributed by atoms with Gasteiger partial charge in [-0.1, -0.05) is 63.3 Å². The van der Waals surface area contributed by atoms with Crippen molar-refractivity contribution in [3.8, 4) is 0 Å². The Morgan fingerprint density at radius 3 is 2.64 bits per heavy atom. The van der Waals surface area contributed by atoms with E-state index in [2.05, 4.69) is 57.3 Å². The Balaban J connectivity index is 1.89. The molecular formula is C20H29NO. The van der Waals surface area contributed by atoms with Gasteiger partial charge >= 0.3 is 0 Å². The Kier molecular flexibility index (Phi) is 5.57. The quantitative estimate of drug-likeness (QED) is 0.791. The van der Waals surface area contributed by atoms with Gasteiger partial charge in [-0.3, -0.25) is 4.79 Å². The van der Waals surface area contributed by atoms with Crippen molar-refractivity contribution in [3.63, 3.8) is 0 Å². The SMILES string of the molecule is C[C@H](CC(=O)[C@H]1[C@@H](C)C=CCC1(C)C)NCc1ccccc1. The van der Waals surface area contributed by atoms with Crippen molar-refractivity contribution in [2.45, 2.75) is 53.1 Å². The Bertz CT molecular complexity index is 518. The zero-order chi connectivity index (χ0) is 16.2. The van der Waals surface area contributed by atoms with Crippen molar-refractivity contribution in [1.29, 1.82) is 0 Å². The van der Waals surface area contributed by atoms with E-state index in [1.165, 1.54) is 5.56 Å². The van der Waals surface area contributed by atoms with Gasteiger partial charge in [0.1, 0.15) is 5.78 Å². The van der Waals surface area contributed by atoms with Gasteiger partial charge in [0.15, 0.2) is 0 Å². The molecule has 120 valence electrons. The number of benzene rings is 1. The number of hydrogen-bond acceptors (Lipinski definition) is 2. The first kappa shape index (κ1) is 17.0. The van der Waals surface area contributed by atoms with E-state index >= 15 is 0 Å². The fraction of sp³-hybridized carbons (Fsp3) is 0.550. The zero-order valence-electron chi connectivity index (χ0n) is 14.3. The normalized spacial score (nSPS) is 24.9. The molecule has 1 aliphatic rings. The van der Waals surface area contributed by atoms with Gasteiger partial charge in [-0.2, -0.15) is 0 Å². The molecule has 22 heavy (non-hydrogen) atoms. The minimum Gasteiger partial charge on any atom is -0.310 e. The van der Waals surface area contributed by atoms with Crippen LogP contribution < -0.4 is 5.32 Å². The average Bonchev–Trinajstić information content (AvgIpc) is 2.45. The summed E-state index contributed by atoms with van der Waals surface area (Å²) in [4.78, 5) is 12.8. The highest BCUT2D eigenvalue weighted by Gasteiger charge is 2.39. The summed E-state index contributed by atoms with van der Waals surface area (Å²) in [5.41, 5.74) is 1.33. The van der Waals surface area contributed by atoms with Crippen LogP contribution in [0.25, 0.3) is 0 Å². The van der Waals surface area contributed by atoms with Crippen LogP contribution in [-0.2, 0) is 11.3 Å². The van der Waals surface area contributed by atoms with Gasteiger partial charge in [0, 0.05) is 24.9 Å². The highest BCUT2D eigenvalue weighted by Crippen LogP contribution is 2.41. The fourth-order valence-corrected chi connectivity index (χ4v) is 3.65. The minimum atomic E-state index is 0.0738. The van der Waals surface area contributed by atoms with E-state index in [0.717, 1.165) is 13.0 Å². The van der Waals surface area contributed by atoms with Crippen LogP contribution in [0.4, 0.5) is 0 Å². The van der Waals surface area contributed by atoms with Crippen molar-refractivity contribution in [2.24, 2.45) is 17.3 Å². The first-order chi connectivity index (χ1) is 10.4. The minimum absolute atomic E-state index is 0.0738. The predicted molar refractivity (Wildman–Crippen MR) is 92.6 cm³/mol. The summed E-state index contributed by atoms with van der Waals surface area (Å²) < 4.78 is 0. The van der Waals surface area contributed by atoms with Crippen LogP contribution in [0.3, 0.4) is 0 Å². The van der Waals surface area contributed by atoms with Crippen LogP contribution in [0, 0.1) is 17.3 Å². The molecule has 0 bridgehead atoms. The number of rotatable bonds is 6. The van der Waals surface area contributed by atoms with Crippen LogP contribution in [0.5, 0.6) is 0 Å². The first-order valence-electron chi connectivity index (χ1n) is 8.37. The van der Waals surface area contributed by atoms with Crippen molar-refractivity contribution >= 4 is 5.78 Å². The van der Waals surface area contributed by atoms with Gasteiger partial charge in [0.05, 0.1) is 0 Å². The molecular weight excluding hydrogens is 270 g/mol. The molecule has 0 unspecified atom stereocenters. The summed E-state index contributed by atoms with van der Waals surface area (Å²) in [6, 6.07) is 10.5. The number of carbonyl (C=O) groups excluding carboxylic acids is 1. The molecule has 0 saturated carbocycles. The third kappa shape index (κ3) is 4.30. The second-order valence-corrected chi connectivity index (χ2v) is 7.40. The largest absolute Gasteiger partial charge is 0.310 e. The second kappa shape index (κ2) is 7.23. The molecule has 2 heteroatoms. The maximum Gasteiger partial charge on any atom is 0.138 e. The van der Waals surface area contributed by atoms with Crippen molar-refractivity contribution in [1.82, 2.24) is 5.32 Å². The molecule has 1 aliphatic carbocycles. The van der Waals surface area contributed by atoms with Gasteiger partial charge < -0.3 is 5.32 Å². The molecule has 0 saturated heterocycles. The van der Waals surface area contributed by atoms with E-state index in [4.69, 9.17) is 0 Å². The Morgan fingerprint density at radius 1 is 1.32 bits per heavy atom. The van der Waals surface area contributed by atoms with E-state index in [9.17, 15) is 4.79 Å². The lowest BCUT2D eigenvalue weighted by Gasteiger charge is -2.39. The maximum atomic E-state index is 12.8. The van der Waals surface area contributed by atoms with Gasteiger partial charge in [0.2, 0.25) is 0 Å². The monoisotopic (exact) mass is 299 g/mol. The lowest BCUT2D eigenvalue weighted by Crippen LogP contribution is -2.40. The summed E-state index contributed by atoms with van der Waals surface area (Å²) in [6.07, 6.45) is 6.04. The molecule has 1 aromatic rings. The number of Topliss-reactive ketones (excluding diaryl/α,β-unsaturated/α-hetero) is 1. The summed E-state index contributed by atoms with van der Waals surface area (Å²) in [6.45, 7) is 9.53. The third-order valence-corrected chi connectivity index (χ3v) is 4.80. The van der Waals surface area contributed by atoms with Crippen molar-refractivity contribution in [2.75, 3.05) is 0 Å². The summed E-state index contributed by atoms with van der Waals surface area (Å²) in [5.74, 6) is 0.881. The summed E-state index contributed by atoms with van der Waals surface area (Å²) in [7, 11) is 0. The number of carbonyl (C=O) groups is 1. The van der Waals surface area contributed by atoms with Gasteiger partial charge in [-0.05, 0) is 30.2 Å². The number of ketones is 1. The molecule has 0 amide bonds. The van der Waals surface area contributed by atoms with E-state index in [-0.39, 0.29) is 17.4 Å². The number of allylic oxidation sites excluding steroid dienone is 2. The molecule has 0 aliphatic heterocycles. The zero-order valence-corrected chi connectivity index (χ0v) is 14.3. The Labute approximate surface area is 135 Å². The topological polar surface area (TPSA) is 29.1 Å². The van der Waals surface area contributed by atoms with Gasteiger partial charge in [-0.15, -0.1) is 0 Å². The second-order valence-electron chi connectivity index (χ2n) is 7.40. The average molecular weight is 299 g/mol. The third-order valence-electron chi connectivity index (χ3n) is 4.80. The molecule has 0 fully saturated rings. The molecule has 0 radical (unpaired) electrons. The van der Waals surface area contributed by atoms with E-state index in [1.807, 2.05) is 18.2 Å². The highest BCUT2D eigenvalue weighted by molar-refractivity contribution is 5.83. The van der Waals surface area contributed by atoms with Crippen LogP contribution >= 0.6 is 0 Å². The maximum absolute atomic E-state index is 12.8. The molecule has 3 atom stereocenters. The molecule has 1 N–H and O–H groups in total. The number of hydrogen-bond donors (Lipinski definition) is 1. The number of nitrogens with one attached hydrogen (secondary N) is 1. The molecule has 2 rings (SSSR count). The van der Waals surface area contributed by atoms with Crippen LogP contribution in [-0.4, -0.2) is 11.8 Å². The van der Waals surface area contributed by atoms with Crippen LogP contribution in [0.15, 0.2) is 42.5 Å². The highest BCUT2D eigenvalue weighted by atomic mass is 16.1. The molecule has 0 heterocycles. The Hall–Kier alpha value is -1.41. The van der Waals surface area contributed by atoms with E-state index < -0.39 is 0 Å². The van der Waals surface area contributed by atoms with Crippen molar-refractivity contribution in [3.05, 3.63) is 48.0 Å². The lowest BCUT2D eigenvalue weighted by atomic mass is 9.65. The summed E-state index contributed by atoms with van der Waals surface area (Å²) >= 11 is 0.